The lowest BCUT2D eigenvalue weighted by Gasteiger charge is -2.53. The predicted molar refractivity (Wildman–Crippen MR) is 71.8 cm³/mol. The molecule has 0 N–H and O–H groups in total. The van der Waals surface area contributed by atoms with Crippen molar-refractivity contribution in [3.05, 3.63) is 43.7 Å². The van der Waals surface area contributed by atoms with Gasteiger partial charge in [-0.1, -0.05) is 29.8 Å². The van der Waals surface area contributed by atoms with Gasteiger partial charge in [0.1, 0.15) is 0 Å². The van der Waals surface area contributed by atoms with Crippen LogP contribution in [0.15, 0.2) is 18.3 Å². The fourth-order valence-electron chi connectivity index (χ4n) is 3.73. The smallest absolute Gasteiger partial charge is 0.0253 e. The second-order valence-electron chi connectivity index (χ2n) is 5.74. The van der Waals surface area contributed by atoms with E-state index >= 15 is 0 Å². The monoisotopic (exact) mass is 239 g/mol. The van der Waals surface area contributed by atoms with Gasteiger partial charge in [0.2, 0.25) is 0 Å². The lowest BCUT2D eigenvalue weighted by molar-refractivity contribution is 0.146. The van der Waals surface area contributed by atoms with Crippen LogP contribution >= 0.6 is 0 Å². The number of aromatic nitrogens is 2. The molecule has 94 valence electrons. The van der Waals surface area contributed by atoms with E-state index < -0.39 is 0 Å². The van der Waals surface area contributed by atoms with Crippen molar-refractivity contribution in [2.45, 2.75) is 31.2 Å². The molecular weight excluding hydrogens is 222 g/mol. The molecule has 2 aromatic rings. The maximum atomic E-state index is 4.62. The summed E-state index contributed by atoms with van der Waals surface area (Å²) >= 11 is 0. The molecule has 3 heterocycles. The highest BCUT2D eigenvalue weighted by Crippen LogP contribution is 2.50. The summed E-state index contributed by atoms with van der Waals surface area (Å²) in [4.78, 5) is 6.80. The van der Waals surface area contributed by atoms with E-state index in [4.69, 9.17) is 0 Å². The van der Waals surface area contributed by atoms with E-state index in [1.54, 1.807) is 0 Å². The van der Waals surface area contributed by atoms with Gasteiger partial charge in [0, 0.05) is 11.7 Å². The second kappa shape index (κ2) is 3.29. The third-order valence-electron chi connectivity index (χ3n) is 4.67. The molecule has 4 rings (SSSR count). The van der Waals surface area contributed by atoms with E-state index in [9.17, 15) is 0 Å². The van der Waals surface area contributed by atoms with Gasteiger partial charge >= 0.3 is 0 Å². The highest BCUT2D eigenvalue weighted by molar-refractivity contribution is 5.83. The molecule has 2 aliphatic rings. The molecule has 3 heteroatoms. The number of fused-ring (bicyclic) bond motifs is 4. The summed E-state index contributed by atoms with van der Waals surface area (Å²) < 4.78 is 2.06. The maximum Gasteiger partial charge on any atom is 0.0253 e. The van der Waals surface area contributed by atoms with Crippen LogP contribution in [0.3, 0.4) is 0 Å². The molecule has 0 saturated heterocycles. The lowest BCUT2D eigenvalue weighted by Crippen LogP contribution is -2.47. The van der Waals surface area contributed by atoms with E-state index in [-0.39, 0.29) is 0 Å². The van der Waals surface area contributed by atoms with Crippen LogP contribution in [0.1, 0.15) is 30.5 Å². The number of rotatable bonds is 0. The van der Waals surface area contributed by atoms with Crippen molar-refractivity contribution in [3.8, 4) is 0 Å². The van der Waals surface area contributed by atoms with Gasteiger partial charge < -0.3 is 9.47 Å². The minimum Gasteiger partial charge on any atom is -0.482 e. The third kappa shape index (κ3) is 1.13. The Morgan fingerprint density at radius 2 is 2.11 bits per heavy atom. The Morgan fingerprint density at radius 1 is 1.28 bits per heavy atom. The number of hydrogen-bond acceptors (Lipinski definition) is 2. The van der Waals surface area contributed by atoms with E-state index in [1.807, 2.05) is 12.3 Å². The van der Waals surface area contributed by atoms with Gasteiger partial charge in [-0.3, -0.25) is 12.0 Å². The summed E-state index contributed by atoms with van der Waals surface area (Å²) in [6.45, 7) is 1.95. The highest BCUT2D eigenvalue weighted by atomic mass is 15.2. The first-order valence-corrected chi connectivity index (χ1v) is 6.56. The third-order valence-corrected chi connectivity index (χ3v) is 4.67. The first-order valence-electron chi connectivity index (χ1n) is 6.56. The SMILES string of the molecule is [CH2-]N1Cc2c(c3ncccc3n2[CH2-])C2(CCC2)C1. The Hall–Kier alpha value is -1.48. The molecule has 1 saturated carbocycles. The molecule has 2 aromatic heterocycles. The van der Waals surface area contributed by atoms with E-state index in [0.717, 1.165) is 24.1 Å². The zero-order valence-electron chi connectivity index (χ0n) is 10.5. The topological polar surface area (TPSA) is 21.1 Å². The molecule has 3 nitrogen and oxygen atoms in total. The summed E-state index contributed by atoms with van der Waals surface area (Å²) in [7, 11) is 8.36. The zero-order chi connectivity index (χ0) is 12.3. The fraction of sp³-hybridized carbons (Fsp3) is 0.400. The molecule has 18 heavy (non-hydrogen) atoms. The fourth-order valence-corrected chi connectivity index (χ4v) is 3.73. The normalized spacial score (nSPS) is 22.1. The van der Waals surface area contributed by atoms with Crippen LogP contribution < -0.4 is 0 Å². The van der Waals surface area contributed by atoms with Gasteiger partial charge in [0.15, 0.2) is 0 Å². The number of nitrogens with zero attached hydrogens (tertiary/aromatic N) is 3. The molecule has 0 unspecified atom stereocenters. The summed E-state index contributed by atoms with van der Waals surface area (Å²) in [5.41, 5.74) is 5.38. The Kier molecular flexibility index (Phi) is 1.91. The quantitative estimate of drug-likeness (QED) is 0.659. The van der Waals surface area contributed by atoms with Crippen molar-refractivity contribution >= 4 is 11.0 Å². The summed E-state index contributed by atoms with van der Waals surface area (Å²) in [6.07, 6.45) is 5.75. The summed E-state index contributed by atoms with van der Waals surface area (Å²) in [5.74, 6) is 0. The van der Waals surface area contributed by atoms with Gasteiger partial charge in [0.05, 0.1) is 0 Å². The molecule has 1 aliphatic carbocycles. The van der Waals surface area contributed by atoms with Crippen LogP contribution in [0, 0.1) is 14.1 Å². The molecule has 0 atom stereocenters. The van der Waals surface area contributed by atoms with Gasteiger partial charge in [-0.15, -0.1) is 7.05 Å². The average molecular weight is 239 g/mol. The van der Waals surface area contributed by atoms with Crippen molar-refractivity contribution < 1.29 is 0 Å². The van der Waals surface area contributed by atoms with Crippen LogP contribution in [0.4, 0.5) is 0 Å². The van der Waals surface area contributed by atoms with Crippen molar-refractivity contribution in [2.24, 2.45) is 0 Å². The Balaban J connectivity index is 2.07. The van der Waals surface area contributed by atoms with Crippen LogP contribution in [-0.2, 0) is 12.0 Å². The summed E-state index contributed by atoms with van der Waals surface area (Å²) in [6, 6.07) is 4.11. The summed E-state index contributed by atoms with van der Waals surface area (Å²) in [5, 5.41) is 0. The molecule has 0 bridgehead atoms. The lowest BCUT2D eigenvalue weighted by atomic mass is 9.62. The molecule has 1 fully saturated rings. The standard InChI is InChI=1S/C15H17N3/c1-17-9-12-13(15(10-17)6-4-7-15)14-11(18(12)2)5-3-8-16-14/h3,5,8H,1-2,4,6-7,9-10H2/q-2. The molecular formula is C15H17N3-2. The van der Waals surface area contributed by atoms with Crippen molar-refractivity contribution in [1.29, 1.82) is 0 Å². The van der Waals surface area contributed by atoms with Crippen LogP contribution in [0.2, 0.25) is 0 Å². The van der Waals surface area contributed by atoms with Gasteiger partial charge in [-0.2, -0.15) is 0 Å². The first-order chi connectivity index (χ1) is 8.71. The van der Waals surface area contributed by atoms with Crippen LogP contribution in [0.25, 0.3) is 11.0 Å². The molecule has 1 spiro atoms. The average Bonchev–Trinajstić information content (AvgIpc) is 2.61. The van der Waals surface area contributed by atoms with Crippen LogP contribution in [0.5, 0.6) is 0 Å². The number of pyridine rings is 1. The first kappa shape index (κ1) is 10.4. The van der Waals surface area contributed by atoms with Crippen molar-refractivity contribution in [3.63, 3.8) is 0 Å². The minimum absolute atomic E-state index is 0.297. The van der Waals surface area contributed by atoms with Crippen LogP contribution in [-0.4, -0.2) is 21.0 Å². The van der Waals surface area contributed by atoms with E-state index in [1.165, 1.54) is 30.5 Å². The van der Waals surface area contributed by atoms with Crippen molar-refractivity contribution in [1.82, 2.24) is 14.5 Å². The van der Waals surface area contributed by atoms with Gasteiger partial charge in [-0.25, -0.2) is 0 Å². The molecule has 0 amide bonds. The largest absolute Gasteiger partial charge is 0.482 e. The van der Waals surface area contributed by atoms with E-state index in [2.05, 4.69) is 34.6 Å². The highest BCUT2D eigenvalue weighted by Gasteiger charge is 2.42. The minimum atomic E-state index is 0.297. The van der Waals surface area contributed by atoms with Crippen molar-refractivity contribution in [2.75, 3.05) is 6.54 Å². The molecule has 0 radical (unpaired) electrons. The van der Waals surface area contributed by atoms with E-state index in [0.29, 0.717) is 5.41 Å². The Morgan fingerprint density at radius 3 is 2.83 bits per heavy atom. The maximum absolute atomic E-state index is 4.62. The van der Waals surface area contributed by atoms with Gasteiger partial charge in [-0.05, 0) is 36.9 Å². The van der Waals surface area contributed by atoms with Gasteiger partial charge in [0.25, 0.3) is 0 Å². The molecule has 0 aromatic carbocycles. The molecule has 1 aliphatic heterocycles. The Bertz CT molecular complexity index is 622. The predicted octanol–water partition coefficient (Wildman–Crippen LogP) is 2.70. The zero-order valence-corrected chi connectivity index (χ0v) is 10.5. The second-order valence-corrected chi connectivity index (χ2v) is 5.74. The number of hydrogen-bond donors (Lipinski definition) is 0. The Labute approximate surface area is 107 Å².